The maximum absolute atomic E-state index is 7.40. The second-order valence-electron chi connectivity index (χ2n) is 13.9. The minimum atomic E-state index is -3.14. The molecule has 0 aliphatic heterocycles. The summed E-state index contributed by atoms with van der Waals surface area (Å²) in [6, 6.07) is 0. The van der Waals surface area contributed by atoms with Crippen molar-refractivity contribution in [3.8, 4) is 0 Å². The molecule has 0 aromatic heterocycles. The highest BCUT2D eigenvalue weighted by Gasteiger charge is 2.59. The molecule has 10 heteroatoms. The SMILES string of the molecule is CCO[Si](COC(C)(C)C)(O[Si](COC(C)(C)C)(O[Si](COC(C)(C)C)(OC)C(C)C)C(C)C)C(C)C. The third kappa shape index (κ3) is 12.6. The average molecular weight is 583 g/mol. The highest BCUT2D eigenvalue weighted by Crippen LogP contribution is 2.39. The predicted octanol–water partition coefficient (Wildman–Crippen LogP) is 7.32. The molecule has 0 saturated carbocycles. The predicted molar refractivity (Wildman–Crippen MR) is 160 cm³/mol. The van der Waals surface area contributed by atoms with Gasteiger partial charge in [0.15, 0.2) is 0 Å². The van der Waals surface area contributed by atoms with Crippen molar-refractivity contribution in [3.63, 3.8) is 0 Å². The van der Waals surface area contributed by atoms with Crippen LogP contribution in [0.2, 0.25) is 16.6 Å². The van der Waals surface area contributed by atoms with E-state index in [1.165, 1.54) is 0 Å². The molecular weight excluding hydrogens is 521 g/mol. The van der Waals surface area contributed by atoms with Crippen molar-refractivity contribution < 1.29 is 31.3 Å². The highest BCUT2D eigenvalue weighted by molar-refractivity contribution is 6.88. The smallest absolute Gasteiger partial charge is 0.358 e. The van der Waals surface area contributed by atoms with Gasteiger partial charge in [0.05, 0.1) is 35.5 Å². The Kier molecular flexibility index (Phi) is 14.5. The van der Waals surface area contributed by atoms with Gasteiger partial charge in [0.25, 0.3) is 0 Å². The molecule has 0 spiro atoms. The van der Waals surface area contributed by atoms with Crippen LogP contribution in [0.5, 0.6) is 0 Å². The molecule has 0 heterocycles. The molecule has 0 rings (SSSR count). The normalized spacial score (nSPS) is 18.8. The molecule has 0 aliphatic carbocycles. The molecule has 0 saturated heterocycles. The van der Waals surface area contributed by atoms with Crippen LogP contribution in [0.4, 0.5) is 0 Å². The Labute approximate surface area is 233 Å². The fourth-order valence-electron chi connectivity index (χ4n) is 3.46. The van der Waals surface area contributed by atoms with Gasteiger partial charge in [-0.3, -0.25) is 0 Å². The van der Waals surface area contributed by atoms with Crippen LogP contribution in [0.1, 0.15) is 111 Å². The van der Waals surface area contributed by atoms with Gasteiger partial charge in [-0.05, 0) is 85.9 Å². The van der Waals surface area contributed by atoms with Crippen LogP contribution < -0.4 is 0 Å². The summed E-state index contributed by atoms with van der Waals surface area (Å²) in [5, 5.41) is 0. The lowest BCUT2D eigenvalue weighted by Gasteiger charge is -2.49. The number of hydrogen-bond donors (Lipinski definition) is 0. The third-order valence-corrected chi connectivity index (χ3v) is 20.1. The first-order chi connectivity index (χ1) is 16.5. The summed E-state index contributed by atoms with van der Waals surface area (Å²) in [5.74, 6) is 0. The molecule has 0 aromatic carbocycles. The van der Waals surface area contributed by atoms with E-state index in [-0.39, 0.29) is 33.4 Å². The van der Waals surface area contributed by atoms with Crippen molar-refractivity contribution in [2.45, 2.75) is 144 Å². The van der Waals surface area contributed by atoms with Crippen molar-refractivity contribution in [1.29, 1.82) is 0 Å². The van der Waals surface area contributed by atoms with E-state index in [0.717, 1.165) is 0 Å². The monoisotopic (exact) mass is 582 g/mol. The van der Waals surface area contributed by atoms with E-state index in [0.29, 0.717) is 25.3 Å². The maximum Gasteiger partial charge on any atom is 0.358 e. The second-order valence-corrected chi connectivity index (χ2v) is 25.5. The average Bonchev–Trinajstić information content (AvgIpc) is 2.71. The van der Waals surface area contributed by atoms with E-state index < -0.39 is 25.7 Å². The van der Waals surface area contributed by atoms with Crippen LogP contribution in [-0.4, -0.2) is 74.9 Å². The summed E-state index contributed by atoms with van der Waals surface area (Å²) in [5.41, 5.74) is -0.638. The minimum absolute atomic E-state index is 0.0750. The summed E-state index contributed by atoms with van der Waals surface area (Å²) < 4.78 is 46.8. The molecule has 0 aromatic rings. The Morgan fingerprint density at radius 2 is 0.811 bits per heavy atom. The van der Waals surface area contributed by atoms with Gasteiger partial charge in [-0.2, -0.15) is 0 Å². The lowest BCUT2D eigenvalue weighted by atomic mass is 10.2. The van der Waals surface area contributed by atoms with E-state index in [4.69, 9.17) is 31.3 Å². The summed E-state index contributed by atoms with van der Waals surface area (Å²) in [6.07, 6.45) is 1.21. The fraction of sp³-hybridized carbons (Fsp3) is 1.00. The Balaban J connectivity index is 6.92. The Morgan fingerprint density at radius 1 is 0.514 bits per heavy atom. The van der Waals surface area contributed by atoms with Gasteiger partial charge in [-0.25, -0.2) is 0 Å². The molecule has 0 bridgehead atoms. The quantitative estimate of drug-likeness (QED) is 0.177. The van der Waals surface area contributed by atoms with Crippen LogP contribution in [0.25, 0.3) is 0 Å². The van der Waals surface area contributed by atoms with Gasteiger partial charge >= 0.3 is 25.7 Å². The zero-order chi connectivity index (χ0) is 29.5. The number of ether oxygens (including phenoxy) is 3. The van der Waals surface area contributed by atoms with Crippen molar-refractivity contribution >= 4 is 25.7 Å². The van der Waals surface area contributed by atoms with Crippen LogP contribution in [0.15, 0.2) is 0 Å². The van der Waals surface area contributed by atoms with E-state index in [1.54, 1.807) is 7.11 Å². The van der Waals surface area contributed by atoms with E-state index in [1.807, 2.05) is 6.92 Å². The topological polar surface area (TPSA) is 64.6 Å². The van der Waals surface area contributed by atoms with Gasteiger partial charge in [0, 0.05) is 13.7 Å². The van der Waals surface area contributed by atoms with Gasteiger partial charge in [0.2, 0.25) is 0 Å². The number of hydrogen-bond acceptors (Lipinski definition) is 7. The third-order valence-electron chi connectivity index (χ3n) is 6.18. The minimum Gasteiger partial charge on any atom is -0.412 e. The number of rotatable bonds is 16. The standard InChI is InChI=1S/C27H62O7Si3/c1-18-32-36(23(4)5,20-30-26(11,12)13)34-37(24(6)7,21-31-27(14,15)16)33-35(28-17,22(2)3)19-29-25(8,9)10/h22-24H,18-21H2,1-17H3. The van der Waals surface area contributed by atoms with Gasteiger partial charge in [0.1, 0.15) is 0 Å². The van der Waals surface area contributed by atoms with Crippen molar-refractivity contribution in [2.75, 3.05) is 32.4 Å². The van der Waals surface area contributed by atoms with Crippen LogP contribution >= 0.6 is 0 Å². The zero-order valence-corrected chi connectivity index (χ0v) is 30.4. The zero-order valence-electron chi connectivity index (χ0n) is 27.4. The summed E-state index contributed by atoms with van der Waals surface area (Å²) in [6.45, 7) is 34.1. The molecule has 7 nitrogen and oxygen atoms in total. The molecule has 0 amide bonds. The summed E-state index contributed by atoms with van der Waals surface area (Å²) in [4.78, 5) is 0. The first-order valence-electron chi connectivity index (χ1n) is 14.0. The van der Waals surface area contributed by atoms with Crippen molar-refractivity contribution in [1.82, 2.24) is 0 Å². The first-order valence-corrected chi connectivity index (χ1v) is 20.3. The molecule has 3 atom stereocenters. The molecule has 0 radical (unpaired) electrons. The molecule has 224 valence electrons. The molecule has 37 heavy (non-hydrogen) atoms. The molecule has 3 unspecified atom stereocenters. The summed E-state index contributed by atoms with van der Waals surface area (Å²) >= 11 is 0. The summed E-state index contributed by atoms with van der Waals surface area (Å²) in [7, 11) is -7.22. The van der Waals surface area contributed by atoms with Gasteiger partial charge < -0.3 is 31.3 Å². The lowest BCUT2D eigenvalue weighted by Crippen LogP contribution is -2.69. The molecular formula is C27H62O7Si3. The lowest BCUT2D eigenvalue weighted by molar-refractivity contribution is -0.00981. The first kappa shape index (κ1) is 37.4. The van der Waals surface area contributed by atoms with E-state index in [2.05, 4.69) is 104 Å². The second kappa shape index (κ2) is 14.3. The fourth-order valence-corrected chi connectivity index (χ4v) is 18.4. The largest absolute Gasteiger partial charge is 0.412 e. The van der Waals surface area contributed by atoms with Crippen LogP contribution in [-0.2, 0) is 31.3 Å². The van der Waals surface area contributed by atoms with Crippen LogP contribution in [0.3, 0.4) is 0 Å². The Hall–Kier alpha value is 0.371. The molecule has 0 N–H and O–H groups in total. The van der Waals surface area contributed by atoms with Gasteiger partial charge in [-0.15, -0.1) is 0 Å². The maximum atomic E-state index is 7.40. The van der Waals surface area contributed by atoms with Crippen molar-refractivity contribution in [2.24, 2.45) is 0 Å². The van der Waals surface area contributed by atoms with Crippen LogP contribution in [0, 0.1) is 0 Å². The van der Waals surface area contributed by atoms with Gasteiger partial charge in [-0.1, -0.05) is 41.5 Å². The highest BCUT2D eigenvalue weighted by atomic mass is 28.5. The van der Waals surface area contributed by atoms with Crippen molar-refractivity contribution in [3.05, 3.63) is 0 Å². The molecule has 0 fully saturated rings. The molecule has 0 aliphatic rings. The van der Waals surface area contributed by atoms with E-state index >= 15 is 0 Å². The van der Waals surface area contributed by atoms with E-state index in [9.17, 15) is 0 Å². The Bertz CT molecular complexity index is 656. The Morgan fingerprint density at radius 3 is 1.08 bits per heavy atom.